The van der Waals surface area contributed by atoms with Crippen LogP contribution in [-0.4, -0.2) is 15.6 Å². The summed E-state index contributed by atoms with van der Waals surface area (Å²) >= 11 is 0. The lowest BCUT2D eigenvalue weighted by Crippen LogP contribution is -2.22. The van der Waals surface area contributed by atoms with Crippen molar-refractivity contribution in [2.75, 3.05) is 0 Å². The van der Waals surface area contributed by atoms with E-state index in [2.05, 4.69) is 0 Å². The van der Waals surface area contributed by atoms with Gasteiger partial charge < -0.3 is 14.4 Å². The lowest BCUT2D eigenvalue weighted by atomic mass is 10.1. The largest absolute Gasteiger partial charge is 0.489 e. The van der Waals surface area contributed by atoms with Crippen molar-refractivity contribution in [2.45, 2.75) is 13.2 Å². The molecule has 0 radical (unpaired) electrons. The van der Waals surface area contributed by atoms with E-state index in [0.717, 1.165) is 16.7 Å². The first-order valence-corrected chi connectivity index (χ1v) is 7.81. The van der Waals surface area contributed by atoms with Gasteiger partial charge in [0.2, 0.25) is 0 Å². The molecule has 0 aliphatic rings. The molecule has 1 heterocycles. The van der Waals surface area contributed by atoms with Gasteiger partial charge in [-0.1, -0.05) is 42.5 Å². The van der Waals surface area contributed by atoms with Crippen LogP contribution in [0.1, 0.15) is 5.56 Å². The van der Waals surface area contributed by atoms with Crippen LogP contribution in [-0.2, 0) is 17.9 Å². The van der Waals surface area contributed by atoms with Crippen LogP contribution in [0.3, 0.4) is 0 Å². The number of carboxylic acid groups (broad SMARTS) is 1. The predicted molar refractivity (Wildman–Crippen MR) is 94.5 cm³/mol. The Balaban J connectivity index is 1.81. The molecule has 0 unspecified atom stereocenters. The Hall–Kier alpha value is -3.34. The molecule has 0 fully saturated rings. The quantitative estimate of drug-likeness (QED) is 0.751. The normalized spacial score (nSPS) is 10.4. The van der Waals surface area contributed by atoms with Crippen LogP contribution in [0.25, 0.3) is 11.1 Å². The Labute approximate surface area is 144 Å². The van der Waals surface area contributed by atoms with Gasteiger partial charge in [0.1, 0.15) is 18.9 Å². The van der Waals surface area contributed by atoms with Crippen molar-refractivity contribution in [3.8, 4) is 16.9 Å². The summed E-state index contributed by atoms with van der Waals surface area (Å²) in [6, 6.07) is 20.4. The topological polar surface area (TPSA) is 68.5 Å². The number of aliphatic carboxylic acids is 1. The summed E-state index contributed by atoms with van der Waals surface area (Å²) in [7, 11) is 0. The van der Waals surface area contributed by atoms with Gasteiger partial charge in [-0.3, -0.25) is 9.59 Å². The van der Waals surface area contributed by atoms with Crippen LogP contribution < -0.4 is 10.3 Å². The van der Waals surface area contributed by atoms with Gasteiger partial charge >= 0.3 is 5.97 Å². The second-order valence-electron chi connectivity index (χ2n) is 5.58. The Kier molecular flexibility index (Phi) is 4.95. The molecule has 0 amide bonds. The van der Waals surface area contributed by atoms with Gasteiger partial charge in [0.15, 0.2) is 0 Å². The molecule has 5 heteroatoms. The van der Waals surface area contributed by atoms with Gasteiger partial charge in [0.25, 0.3) is 5.56 Å². The summed E-state index contributed by atoms with van der Waals surface area (Å²) in [5, 5.41) is 8.90. The third-order valence-electron chi connectivity index (χ3n) is 3.70. The summed E-state index contributed by atoms with van der Waals surface area (Å²) in [5.74, 6) is -0.350. The zero-order valence-electron chi connectivity index (χ0n) is 13.5. The molecule has 0 aliphatic heterocycles. The first-order valence-electron chi connectivity index (χ1n) is 7.81. The lowest BCUT2D eigenvalue weighted by molar-refractivity contribution is -0.137. The number of nitrogens with zero attached hydrogens (tertiary/aromatic N) is 1. The van der Waals surface area contributed by atoms with E-state index in [-0.39, 0.29) is 12.1 Å². The Morgan fingerprint density at radius 1 is 0.960 bits per heavy atom. The minimum atomic E-state index is -1.06. The van der Waals surface area contributed by atoms with Crippen molar-refractivity contribution in [1.82, 2.24) is 4.57 Å². The third kappa shape index (κ3) is 4.35. The first-order chi connectivity index (χ1) is 12.1. The van der Waals surface area contributed by atoms with E-state index < -0.39 is 5.97 Å². The molecule has 0 bridgehead atoms. The summed E-state index contributed by atoms with van der Waals surface area (Å²) in [4.78, 5) is 22.6. The van der Waals surface area contributed by atoms with Gasteiger partial charge in [-0.2, -0.15) is 0 Å². The first kappa shape index (κ1) is 16.5. The van der Waals surface area contributed by atoms with Gasteiger partial charge in [0.05, 0.1) is 0 Å². The zero-order chi connectivity index (χ0) is 17.6. The molecule has 0 aliphatic carbocycles. The highest BCUT2D eigenvalue weighted by Crippen LogP contribution is 2.23. The number of ether oxygens (including phenoxy) is 1. The average molecular weight is 335 g/mol. The molecule has 126 valence electrons. The highest BCUT2D eigenvalue weighted by molar-refractivity contribution is 5.68. The lowest BCUT2D eigenvalue weighted by Gasteiger charge is -2.10. The minimum Gasteiger partial charge on any atom is -0.489 e. The number of carboxylic acids is 1. The highest BCUT2D eigenvalue weighted by Gasteiger charge is 2.06. The van der Waals surface area contributed by atoms with Crippen LogP contribution >= 0.6 is 0 Å². The number of aromatic nitrogens is 1. The van der Waals surface area contributed by atoms with Crippen LogP contribution in [0, 0.1) is 0 Å². The van der Waals surface area contributed by atoms with Crippen LogP contribution in [0.15, 0.2) is 77.7 Å². The van der Waals surface area contributed by atoms with Gasteiger partial charge in [-0.05, 0) is 34.9 Å². The predicted octanol–water partition coefficient (Wildman–Crippen LogP) is 3.18. The summed E-state index contributed by atoms with van der Waals surface area (Å²) in [6.45, 7) is 0.0969. The molecule has 5 nitrogen and oxygen atoms in total. The van der Waals surface area contributed by atoms with E-state index in [0.29, 0.717) is 12.4 Å². The van der Waals surface area contributed by atoms with Crippen molar-refractivity contribution in [3.63, 3.8) is 0 Å². The summed E-state index contributed by atoms with van der Waals surface area (Å²) in [5.41, 5.74) is 2.33. The number of carbonyl (C=O) groups is 1. The van der Waals surface area contributed by atoms with Crippen molar-refractivity contribution in [3.05, 3.63) is 88.8 Å². The van der Waals surface area contributed by atoms with E-state index in [1.54, 1.807) is 12.3 Å². The van der Waals surface area contributed by atoms with Gasteiger partial charge in [0, 0.05) is 12.3 Å². The Morgan fingerprint density at radius 3 is 2.52 bits per heavy atom. The summed E-state index contributed by atoms with van der Waals surface area (Å²) < 4.78 is 6.99. The zero-order valence-corrected chi connectivity index (χ0v) is 13.5. The van der Waals surface area contributed by atoms with E-state index >= 15 is 0 Å². The van der Waals surface area contributed by atoms with Gasteiger partial charge in [-0.15, -0.1) is 0 Å². The number of hydrogen-bond donors (Lipinski definition) is 1. The number of pyridine rings is 1. The van der Waals surface area contributed by atoms with E-state index in [1.807, 2.05) is 54.6 Å². The molecule has 1 N–H and O–H groups in total. The van der Waals surface area contributed by atoms with Crippen LogP contribution in [0.2, 0.25) is 0 Å². The molecule has 3 aromatic rings. The molecular formula is C20H17NO4. The fraction of sp³-hybridized carbons (Fsp3) is 0.100. The molecule has 0 saturated heterocycles. The third-order valence-corrected chi connectivity index (χ3v) is 3.70. The van der Waals surface area contributed by atoms with Crippen LogP contribution in [0.4, 0.5) is 0 Å². The van der Waals surface area contributed by atoms with E-state index in [1.165, 1.54) is 10.6 Å². The molecule has 2 aromatic carbocycles. The van der Waals surface area contributed by atoms with Crippen molar-refractivity contribution in [2.24, 2.45) is 0 Å². The number of rotatable bonds is 6. The maximum atomic E-state index is 11.7. The molecule has 0 saturated carbocycles. The molecule has 0 spiro atoms. The van der Waals surface area contributed by atoms with E-state index in [9.17, 15) is 9.59 Å². The van der Waals surface area contributed by atoms with Crippen molar-refractivity contribution >= 4 is 5.97 Å². The van der Waals surface area contributed by atoms with Crippen molar-refractivity contribution in [1.29, 1.82) is 0 Å². The molecule has 1 aromatic heterocycles. The fourth-order valence-electron chi connectivity index (χ4n) is 2.48. The SMILES string of the molecule is O=C(O)Cn1cc(-c2cccc(OCc3ccccc3)c2)ccc1=O. The minimum absolute atomic E-state index is 0.345. The Bertz CT molecular complexity index is 932. The smallest absolute Gasteiger partial charge is 0.323 e. The fourth-order valence-corrected chi connectivity index (χ4v) is 2.48. The molecule has 0 atom stereocenters. The number of hydrogen-bond acceptors (Lipinski definition) is 3. The number of benzene rings is 2. The van der Waals surface area contributed by atoms with Gasteiger partial charge in [-0.25, -0.2) is 0 Å². The standard InChI is InChI=1S/C20H17NO4/c22-19-10-9-17(12-21(19)13-20(23)24)16-7-4-8-18(11-16)25-14-15-5-2-1-3-6-15/h1-12H,13-14H2,(H,23,24). The molecule has 3 rings (SSSR count). The van der Waals surface area contributed by atoms with E-state index in [4.69, 9.17) is 9.84 Å². The second-order valence-corrected chi connectivity index (χ2v) is 5.58. The monoisotopic (exact) mass is 335 g/mol. The average Bonchev–Trinajstić information content (AvgIpc) is 2.62. The highest BCUT2D eigenvalue weighted by atomic mass is 16.5. The second kappa shape index (κ2) is 7.49. The maximum Gasteiger partial charge on any atom is 0.323 e. The van der Waals surface area contributed by atoms with Crippen LogP contribution in [0.5, 0.6) is 5.75 Å². The summed E-state index contributed by atoms with van der Waals surface area (Å²) in [6.07, 6.45) is 1.55. The Morgan fingerprint density at radius 2 is 1.76 bits per heavy atom. The van der Waals surface area contributed by atoms with Crippen molar-refractivity contribution < 1.29 is 14.6 Å². The molecular weight excluding hydrogens is 318 g/mol. The molecule has 25 heavy (non-hydrogen) atoms. The maximum absolute atomic E-state index is 11.7.